The number of aromatic amines is 1. The van der Waals surface area contributed by atoms with Gasteiger partial charge in [0.15, 0.2) is 0 Å². The third-order valence-electron chi connectivity index (χ3n) is 6.22. The number of carbonyl (C=O) groups is 2. The summed E-state index contributed by atoms with van der Waals surface area (Å²) in [5.41, 5.74) is 4.78. The molecule has 0 bridgehead atoms. The zero-order valence-corrected chi connectivity index (χ0v) is 22.6. The number of piperazine rings is 1. The summed E-state index contributed by atoms with van der Waals surface area (Å²) in [5, 5.41) is 1.20. The first-order chi connectivity index (χ1) is 18.4. The normalized spacial score (nSPS) is 12.7. The second-order valence-corrected chi connectivity index (χ2v) is 8.99. The Morgan fingerprint density at radius 3 is 2.21 bits per heavy atom. The number of aromatic nitrogens is 1. The zero-order chi connectivity index (χ0) is 27.3. The van der Waals surface area contributed by atoms with Gasteiger partial charge in [0.1, 0.15) is 11.5 Å². The molecular weight excluding hydrogens is 478 g/mol. The summed E-state index contributed by atoms with van der Waals surface area (Å²) in [6.07, 6.45) is 1.86. The molecule has 5 rings (SSSR count). The molecule has 1 saturated heterocycles. The first-order valence-corrected chi connectivity index (χ1v) is 12.7. The van der Waals surface area contributed by atoms with E-state index >= 15 is 0 Å². The average Bonchev–Trinajstić information content (AvgIpc) is 3.34. The van der Waals surface area contributed by atoms with Gasteiger partial charge in [-0.25, -0.2) is 0 Å². The van der Waals surface area contributed by atoms with Gasteiger partial charge in [0, 0.05) is 36.2 Å². The Morgan fingerprint density at radius 1 is 0.868 bits per heavy atom. The summed E-state index contributed by atoms with van der Waals surface area (Å²) in [6, 6.07) is 26.2. The van der Waals surface area contributed by atoms with Crippen molar-refractivity contribution >= 4 is 23.2 Å². The van der Waals surface area contributed by atoms with Gasteiger partial charge in [-0.05, 0) is 60.9 Å². The zero-order valence-electron chi connectivity index (χ0n) is 22.6. The van der Waals surface area contributed by atoms with Crippen LogP contribution in [-0.2, 0) is 22.6 Å². The van der Waals surface area contributed by atoms with Crippen LogP contribution in [-0.4, -0.2) is 61.0 Å². The average molecular weight is 516 g/mol. The molecule has 7 nitrogen and oxygen atoms in total. The van der Waals surface area contributed by atoms with E-state index in [0.29, 0.717) is 19.6 Å². The van der Waals surface area contributed by atoms with Crippen molar-refractivity contribution < 1.29 is 19.1 Å². The fourth-order valence-electron chi connectivity index (χ4n) is 4.07. The highest BCUT2D eigenvalue weighted by Crippen LogP contribution is 2.20. The molecule has 2 amide bonds. The van der Waals surface area contributed by atoms with Crippen molar-refractivity contribution in [2.75, 3.05) is 33.9 Å². The van der Waals surface area contributed by atoms with Crippen LogP contribution in [0.1, 0.15) is 23.7 Å². The third-order valence-corrected chi connectivity index (χ3v) is 6.22. The number of hydrogen-bond acceptors (Lipinski definition) is 4. The van der Waals surface area contributed by atoms with Crippen LogP contribution in [0.25, 0.3) is 10.9 Å². The molecule has 0 spiro atoms. The lowest BCUT2D eigenvalue weighted by atomic mass is 10.2. The number of ether oxygens (including phenoxy) is 2. The fourth-order valence-corrected chi connectivity index (χ4v) is 4.07. The minimum absolute atomic E-state index is 0.0174. The number of rotatable bonds is 6. The molecule has 0 aliphatic carbocycles. The molecular formula is C31H37N3O4. The van der Waals surface area contributed by atoms with Crippen LogP contribution in [0.2, 0.25) is 0 Å². The minimum Gasteiger partial charge on any atom is -0.497 e. The maximum atomic E-state index is 11.8. The molecule has 7 heteroatoms. The highest BCUT2D eigenvalue weighted by Gasteiger charge is 2.22. The van der Waals surface area contributed by atoms with E-state index in [1.54, 1.807) is 19.1 Å². The van der Waals surface area contributed by atoms with Crippen molar-refractivity contribution in [2.24, 2.45) is 0 Å². The minimum atomic E-state index is -0.0174. The lowest BCUT2D eigenvalue weighted by molar-refractivity contribution is -0.140. The van der Waals surface area contributed by atoms with Crippen LogP contribution in [0.4, 0.5) is 0 Å². The van der Waals surface area contributed by atoms with Crippen LogP contribution < -0.4 is 9.47 Å². The lowest BCUT2D eigenvalue weighted by Gasteiger charge is -2.32. The molecule has 1 aliphatic heterocycles. The van der Waals surface area contributed by atoms with Crippen molar-refractivity contribution in [3.05, 3.63) is 95.7 Å². The molecule has 2 heterocycles. The Kier molecular flexibility index (Phi) is 10.8. The number of H-pyrrole nitrogens is 1. The molecule has 1 aromatic heterocycles. The molecule has 1 aliphatic rings. The Balaban J connectivity index is 0.000000172. The van der Waals surface area contributed by atoms with Crippen molar-refractivity contribution in [1.29, 1.82) is 0 Å². The molecule has 1 N–H and O–H groups in total. The Labute approximate surface area is 225 Å². The maximum Gasteiger partial charge on any atom is 0.242 e. The van der Waals surface area contributed by atoms with Crippen LogP contribution in [0.15, 0.2) is 78.9 Å². The highest BCUT2D eigenvalue weighted by atomic mass is 16.5. The number of carbonyl (C=O) groups excluding carboxylic acids is 2. The number of hydrogen-bond donors (Lipinski definition) is 1. The molecule has 38 heavy (non-hydrogen) atoms. The van der Waals surface area contributed by atoms with Gasteiger partial charge in [0.25, 0.3) is 0 Å². The number of aryl methyl sites for hydroxylation is 2. The number of nitrogens with zero attached hydrogens (tertiary/aromatic N) is 2. The van der Waals surface area contributed by atoms with E-state index in [1.807, 2.05) is 55.5 Å². The Hall–Kier alpha value is -4.26. The summed E-state index contributed by atoms with van der Waals surface area (Å²) in [7, 11) is 3.30. The van der Waals surface area contributed by atoms with Crippen LogP contribution in [0, 0.1) is 6.92 Å². The molecule has 200 valence electrons. The summed E-state index contributed by atoms with van der Waals surface area (Å²) >= 11 is 0. The van der Waals surface area contributed by atoms with Gasteiger partial charge in [-0.3, -0.25) is 9.59 Å². The first-order valence-electron chi connectivity index (χ1n) is 12.7. The van der Waals surface area contributed by atoms with E-state index in [-0.39, 0.29) is 12.5 Å². The van der Waals surface area contributed by atoms with E-state index in [1.165, 1.54) is 21.5 Å². The molecule has 0 saturated carbocycles. The van der Waals surface area contributed by atoms with Gasteiger partial charge >= 0.3 is 0 Å². The molecule has 1 fully saturated rings. The molecule has 4 aromatic rings. The number of fused-ring (bicyclic) bond motifs is 1. The van der Waals surface area contributed by atoms with Crippen molar-refractivity contribution in [1.82, 2.24) is 14.8 Å². The predicted molar refractivity (Wildman–Crippen MR) is 151 cm³/mol. The van der Waals surface area contributed by atoms with E-state index < -0.39 is 0 Å². The quantitative estimate of drug-likeness (QED) is 0.357. The predicted octanol–water partition coefficient (Wildman–Crippen LogP) is 5.23. The second-order valence-electron chi connectivity index (χ2n) is 8.99. The van der Waals surface area contributed by atoms with Crippen LogP contribution in [0.3, 0.4) is 0 Å². The lowest BCUT2D eigenvalue weighted by Crippen LogP contribution is -2.49. The van der Waals surface area contributed by atoms with Gasteiger partial charge in [-0.1, -0.05) is 49.4 Å². The largest absolute Gasteiger partial charge is 0.497 e. The van der Waals surface area contributed by atoms with Crippen LogP contribution in [0.5, 0.6) is 11.5 Å². The number of amides is 2. The second kappa shape index (κ2) is 14.5. The van der Waals surface area contributed by atoms with Crippen molar-refractivity contribution in [3.63, 3.8) is 0 Å². The van der Waals surface area contributed by atoms with Gasteiger partial charge in [-0.15, -0.1) is 0 Å². The number of nitrogens with one attached hydrogen (secondary N) is 1. The van der Waals surface area contributed by atoms with Crippen molar-refractivity contribution in [2.45, 2.75) is 26.8 Å². The molecule has 3 aromatic carbocycles. The summed E-state index contributed by atoms with van der Waals surface area (Å²) in [5.74, 6) is 1.67. The third kappa shape index (κ3) is 8.40. The van der Waals surface area contributed by atoms with Gasteiger partial charge in [-0.2, -0.15) is 0 Å². The standard InChI is InChI=1S/C13H16N2O3.C10H11NO.C8H10/c1-18-12-4-2-3-11(7-12)8-15-6-5-14(10-16)9-13(15)17;1-7-5-8-6-9(12-2)3-4-10(8)11-7;1-2-8-6-4-3-5-7-8/h2-4,7,10H,5-6,8-9H2,1H3;3-6,11H,1-2H3;3-7H,2H2,1H3. The smallest absolute Gasteiger partial charge is 0.242 e. The first kappa shape index (κ1) is 28.3. The monoisotopic (exact) mass is 515 g/mol. The highest BCUT2D eigenvalue weighted by molar-refractivity contribution is 5.82. The SMILES string of the molecule is CCc1ccccc1.COc1ccc2[nH]c(C)cc2c1.COc1cccc(CN2CCN(C=O)CC2=O)c1. The van der Waals surface area contributed by atoms with Crippen molar-refractivity contribution in [3.8, 4) is 11.5 Å². The molecule has 0 atom stereocenters. The van der Waals surface area contributed by atoms with Gasteiger partial charge < -0.3 is 24.3 Å². The molecule has 0 radical (unpaired) electrons. The van der Waals surface area contributed by atoms with E-state index in [0.717, 1.165) is 35.4 Å². The van der Waals surface area contributed by atoms with E-state index in [9.17, 15) is 9.59 Å². The summed E-state index contributed by atoms with van der Waals surface area (Å²) in [6.45, 7) is 6.12. The summed E-state index contributed by atoms with van der Waals surface area (Å²) < 4.78 is 10.3. The van der Waals surface area contributed by atoms with Crippen LogP contribution >= 0.6 is 0 Å². The Morgan fingerprint density at radius 2 is 1.58 bits per heavy atom. The molecule has 0 unspecified atom stereocenters. The number of methoxy groups -OCH3 is 2. The van der Waals surface area contributed by atoms with Gasteiger partial charge in [0.05, 0.1) is 20.8 Å². The topological polar surface area (TPSA) is 74.9 Å². The number of benzene rings is 3. The summed E-state index contributed by atoms with van der Waals surface area (Å²) in [4.78, 5) is 28.9. The van der Waals surface area contributed by atoms with E-state index in [2.05, 4.69) is 42.2 Å². The Bertz CT molecular complexity index is 1300. The maximum absolute atomic E-state index is 11.8. The van der Waals surface area contributed by atoms with E-state index in [4.69, 9.17) is 9.47 Å². The fraction of sp³-hybridized carbons (Fsp3) is 0.290. The van der Waals surface area contributed by atoms with Gasteiger partial charge in [0.2, 0.25) is 12.3 Å².